The molecule has 0 unspecified atom stereocenters. The summed E-state index contributed by atoms with van der Waals surface area (Å²) >= 11 is 0. The van der Waals surface area contributed by atoms with Crippen molar-refractivity contribution >= 4 is 23.2 Å². The van der Waals surface area contributed by atoms with Crippen LogP contribution in [0.5, 0.6) is 0 Å². The molecule has 116 valence electrons. The van der Waals surface area contributed by atoms with E-state index in [9.17, 15) is 19.7 Å². The maximum Gasteiger partial charge on any atom is 0.271 e. The first-order valence-electron chi connectivity index (χ1n) is 7.01. The molecule has 0 aliphatic carbocycles. The molecule has 0 bridgehead atoms. The normalized spacial score (nSPS) is 23.1. The number of carbonyl (C=O) groups excluding carboxylic acids is 2. The van der Waals surface area contributed by atoms with Crippen LogP contribution in [-0.2, 0) is 14.3 Å². The van der Waals surface area contributed by atoms with Gasteiger partial charge in [0.15, 0.2) is 0 Å². The van der Waals surface area contributed by atoms with Gasteiger partial charge in [-0.15, -0.1) is 0 Å². The number of amides is 2. The molecule has 2 amide bonds. The summed E-state index contributed by atoms with van der Waals surface area (Å²) in [5, 5.41) is 10.8. The summed E-state index contributed by atoms with van der Waals surface area (Å²) in [5.74, 6) is -0.658. The van der Waals surface area contributed by atoms with Crippen molar-refractivity contribution < 1.29 is 19.2 Å². The average molecular weight is 305 g/mol. The van der Waals surface area contributed by atoms with E-state index in [2.05, 4.69) is 0 Å². The van der Waals surface area contributed by atoms with Crippen molar-refractivity contribution in [1.82, 2.24) is 4.90 Å². The van der Waals surface area contributed by atoms with Gasteiger partial charge in [-0.1, -0.05) is 6.07 Å². The Bertz CT molecular complexity index is 627. The Hall–Kier alpha value is -2.32. The van der Waals surface area contributed by atoms with Gasteiger partial charge in [-0.3, -0.25) is 24.6 Å². The Morgan fingerprint density at radius 1 is 1.23 bits per heavy atom. The fourth-order valence-corrected chi connectivity index (χ4v) is 2.81. The second-order valence-electron chi connectivity index (χ2n) is 5.21. The number of nitro groups is 1. The molecule has 22 heavy (non-hydrogen) atoms. The molecule has 8 heteroatoms. The Morgan fingerprint density at radius 2 is 1.95 bits per heavy atom. The van der Waals surface area contributed by atoms with Crippen LogP contribution in [0, 0.1) is 10.1 Å². The standard InChI is InChI=1S/C14H15N3O5/c18-13-9-12(15-4-6-22-7-5-15)14(19)16(13)10-2-1-3-11(8-10)17(20)21/h1-3,8,12H,4-7,9H2/t12-/m0/s1. The van der Waals surface area contributed by atoms with E-state index in [0.29, 0.717) is 26.3 Å². The lowest BCUT2D eigenvalue weighted by Crippen LogP contribution is -2.47. The summed E-state index contributed by atoms with van der Waals surface area (Å²) in [6, 6.07) is 5.07. The molecular formula is C14H15N3O5. The van der Waals surface area contributed by atoms with Gasteiger partial charge < -0.3 is 4.74 Å². The van der Waals surface area contributed by atoms with Gasteiger partial charge in [-0.25, -0.2) is 4.90 Å². The van der Waals surface area contributed by atoms with E-state index >= 15 is 0 Å². The number of nitrogens with zero attached hydrogens (tertiary/aromatic N) is 3. The number of morpholine rings is 1. The van der Waals surface area contributed by atoms with Gasteiger partial charge in [0.25, 0.3) is 11.6 Å². The fourth-order valence-electron chi connectivity index (χ4n) is 2.81. The maximum absolute atomic E-state index is 12.5. The zero-order valence-corrected chi connectivity index (χ0v) is 11.8. The van der Waals surface area contributed by atoms with Gasteiger partial charge in [0.1, 0.15) is 0 Å². The molecule has 3 rings (SSSR count). The highest BCUT2D eigenvalue weighted by atomic mass is 16.6. The van der Waals surface area contributed by atoms with Gasteiger partial charge in [0.2, 0.25) is 5.91 Å². The lowest BCUT2D eigenvalue weighted by Gasteiger charge is -2.30. The highest BCUT2D eigenvalue weighted by molar-refractivity contribution is 6.22. The van der Waals surface area contributed by atoms with Crippen LogP contribution in [0.15, 0.2) is 24.3 Å². The number of carbonyl (C=O) groups is 2. The van der Waals surface area contributed by atoms with Crippen LogP contribution in [-0.4, -0.2) is 54.0 Å². The third kappa shape index (κ3) is 2.58. The SMILES string of the molecule is O=C1C[C@H](N2CCOCC2)C(=O)N1c1cccc([N+](=O)[O-])c1. The van der Waals surface area contributed by atoms with Crippen LogP contribution < -0.4 is 4.90 Å². The minimum atomic E-state index is -0.548. The van der Waals surface area contributed by atoms with E-state index in [4.69, 9.17) is 4.74 Å². The van der Waals surface area contributed by atoms with Crippen molar-refractivity contribution in [2.45, 2.75) is 12.5 Å². The highest BCUT2D eigenvalue weighted by Gasteiger charge is 2.43. The zero-order valence-electron chi connectivity index (χ0n) is 11.8. The molecule has 8 nitrogen and oxygen atoms in total. The molecule has 1 aromatic carbocycles. The lowest BCUT2D eigenvalue weighted by molar-refractivity contribution is -0.384. The molecule has 2 aliphatic heterocycles. The fraction of sp³-hybridized carbons (Fsp3) is 0.429. The number of ether oxygens (including phenoxy) is 1. The maximum atomic E-state index is 12.5. The third-order valence-electron chi connectivity index (χ3n) is 3.91. The first-order chi connectivity index (χ1) is 10.6. The molecule has 2 heterocycles. The van der Waals surface area contributed by atoms with Gasteiger partial charge >= 0.3 is 0 Å². The second kappa shape index (κ2) is 5.82. The molecule has 0 aromatic heterocycles. The molecular weight excluding hydrogens is 290 g/mol. The number of anilines is 1. The quantitative estimate of drug-likeness (QED) is 0.460. The monoisotopic (exact) mass is 305 g/mol. The van der Waals surface area contributed by atoms with E-state index in [-0.39, 0.29) is 29.6 Å². The van der Waals surface area contributed by atoms with Crippen molar-refractivity contribution in [2.24, 2.45) is 0 Å². The summed E-state index contributed by atoms with van der Waals surface area (Å²) in [6.45, 7) is 2.28. The van der Waals surface area contributed by atoms with E-state index < -0.39 is 11.0 Å². The van der Waals surface area contributed by atoms with Crippen LogP contribution in [0.4, 0.5) is 11.4 Å². The van der Waals surface area contributed by atoms with Crippen molar-refractivity contribution in [3.63, 3.8) is 0 Å². The topological polar surface area (TPSA) is 93.0 Å². The molecule has 0 radical (unpaired) electrons. The Kier molecular flexibility index (Phi) is 3.86. The van der Waals surface area contributed by atoms with Crippen LogP contribution in [0.3, 0.4) is 0 Å². The summed E-state index contributed by atoms with van der Waals surface area (Å²) < 4.78 is 5.25. The van der Waals surface area contributed by atoms with Gasteiger partial charge in [0.05, 0.1) is 36.3 Å². The van der Waals surface area contributed by atoms with E-state index in [0.717, 1.165) is 4.90 Å². The van der Waals surface area contributed by atoms with E-state index in [1.807, 2.05) is 4.90 Å². The number of rotatable bonds is 3. The van der Waals surface area contributed by atoms with Crippen molar-refractivity contribution in [3.8, 4) is 0 Å². The van der Waals surface area contributed by atoms with E-state index in [1.54, 1.807) is 0 Å². The van der Waals surface area contributed by atoms with Gasteiger partial charge in [-0.2, -0.15) is 0 Å². The van der Waals surface area contributed by atoms with Gasteiger partial charge in [-0.05, 0) is 6.07 Å². The largest absolute Gasteiger partial charge is 0.379 e. The minimum absolute atomic E-state index is 0.0987. The number of nitro benzene ring substituents is 1. The molecule has 2 aliphatic rings. The highest BCUT2D eigenvalue weighted by Crippen LogP contribution is 2.28. The first-order valence-corrected chi connectivity index (χ1v) is 7.01. The van der Waals surface area contributed by atoms with Crippen molar-refractivity contribution in [2.75, 3.05) is 31.2 Å². The van der Waals surface area contributed by atoms with Crippen LogP contribution in [0.1, 0.15) is 6.42 Å². The second-order valence-corrected chi connectivity index (χ2v) is 5.21. The number of hydrogen-bond acceptors (Lipinski definition) is 6. The van der Waals surface area contributed by atoms with Crippen molar-refractivity contribution in [1.29, 1.82) is 0 Å². The summed E-state index contributed by atoms with van der Waals surface area (Å²) in [4.78, 5) is 38.0. The Morgan fingerprint density at radius 3 is 2.64 bits per heavy atom. The first kappa shape index (κ1) is 14.6. The summed E-state index contributed by atoms with van der Waals surface area (Å²) in [7, 11) is 0. The summed E-state index contributed by atoms with van der Waals surface area (Å²) in [6.07, 6.45) is 0.0987. The predicted molar refractivity (Wildman–Crippen MR) is 76.4 cm³/mol. The number of benzene rings is 1. The molecule has 1 aromatic rings. The molecule has 2 saturated heterocycles. The Balaban J connectivity index is 1.85. The van der Waals surface area contributed by atoms with Crippen LogP contribution in [0.2, 0.25) is 0 Å². The number of hydrogen-bond donors (Lipinski definition) is 0. The van der Waals surface area contributed by atoms with Crippen LogP contribution in [0.25, 0.3) is 0 Å². The lowest BCUT2D eigenvalue weighted by atomic mass is 10.2. The molecule has 0 saturated carbocycles. The summed E-state index contributed by atoms with van der Waals surface area (Å²) in [5.41, 5.74) is 0.105. The van der Waals surface area contributed by atoms with Crippen molar-refractivity contribution in [3.05, 3.63) is 34.4 Å². The molecule has 0 N–H and O–H groups in total. The minimum Gasteiger partial charge on any atom is -0.379 e. The van der Waals surface area contributed by atoms with E-state index in [1.165, 1.54) is 24.3 Å². The third-order valence-corrected chi connectivity index (χ3v) is 3.91. The Labute approximate surface area is 126 Å². The number of imide groups is 1. The number of non-ortho nitro benzene ring substituents is 1. The average Bonchev–Trinajstić information content (AvgIpc) is 2.83. The van der Waals surface area contributed by atoms with Gasteiger partial charge in [0, 0.05) is 25.2 Å². The predicted octanol–water partition coefficient (Wildman–Crippen LogP) is 0.559. The molecule has 2 fully saturated rings. The zero-order chi connectivity index (χ0) is 15.7. The molecule has 1 atom stereocenters. The van der Waals surface area contributed by atoms with Crippen LogP contribution >= 0.6 is 0 Å². The smallest absolute Gasteiger partial charge is 0.271 e. The molecule has 0 spiro atoms.